The first-order chi connectivity index (χ1) is 8.97. The van der Waals surface area contributed by atoms with Crippen LogP contribution < -0.4 is 15.4 Å². The van der Waals surface area contributed by atoms with Crippen molar-refractivity contribution in [1.82, 2.24) is 5.32 Å². The molecule has 0 aromatic heterocycles. The molecule has 0 bridgehead atoms. The zero-order valence-electron chi connectivity index (χ0n) is 9.55. The quantitative estimate of drug-likeness (QED) is 0.873. The number of benzene rings is 1. The number of alkyl halides is 2. The Kier molecular flexibility index (Phi) is 4.59. The zero-order valence-corrected chi connectivity index (χ0v) is 11.9. The maximum Gasteiger partial charge on any atom is 0.387 e. The number of carbonyl (C=O) groups is 1. The summed E-state index contributed by atoms with van der Waals surface area (Å²) < 4.78 is 29.4. The molecule has 1 amide bonds. The molecule has 0 atom stereocenters. The van der Waals surface area contributed by atoms with E-state index in [1.807, 2.05) is 0 Å². The summed E-state index contributed by atoms with van der Waals surface area (Å²) in [5, 5.41) is 5.80. The zero-order chi connectivity index (χ0) is 14.0. The van der Waals surface area contributed by atoms with Crippen LogP contribution in [0.5, 0.6) is 5.75 Å². The summed E-state index contributed by atoms with van der Waals surface area (Å²) in [6.45, 7) is -1.85. The lowest BCUT2D eigenvalue weighted by atomic mass is 10.0. The minimum absolute atomic E-state index is 0.122. The Morgan fingerprint density at radius 3 is 2.74 bits per heavy atom. The van der Waals surface area contributed by atoms with Gasteiger partial charge in [0.2, 0.25) is 5.91 Å². The molecular weight excluding hydrogens is 345 g/mol. The molecule has 0 saturated carbocycles. The van der Waals surface area contributed by atoms with E-state index < -0.39 is 6.61 Å². The second-order valence-electron chi connectivity index (χ2n) is 3.99. The Bertz CT molecular complexity index is 498. The average molecular weight is 356 g/mol. The van der Waals surface area contributed by atoms with E-state index in [2.05, 4.69) is 31.3 Å². The van der Waals surface area contributed by atoms with Crippen LogP contribution >= 0.6 is 27.5 Å². The van der Waals surface area contributed by atoms with Crippen LogP contribution in [0.1, 0.15) is 0 Å². The number of carbonyl (C=O) groups excluding carboxylic acids is 1. The minimum Gasteiger partial charge on any atom is -0.431 e. The topological polar surface area (TPSA) is 50.4 Å². The summed E-state index contributed by atoms with van der Waals surface area (Å²) in [5.41, 5.74) is 0.122. The summed E-state index contributed by atoms with van der Waals surface area (Å²) in [5.74, 6) is -0.566. The molecule has 1 aliphatic heterocycles. The molecule has 1 fully saturated rings. The molecule has 0 aliphatic carbocycles. The van der Waals surface area contributed by atoms with E-state index in [1.54, 1.807) is 0 Å². The van der Waals surface area contributed by atoms with Gasteiger partial charge in [0.25, 0.3) is 0 Å². The van der Waals surface area contributed by atoms with Crippen LogP contribution in [0.15, 0.2) is 16.6 Å². The van der Waals surface area contributed by atoms with Crippen molar-refractivity contribution in [2.75, 3.05) is 18.4 Å². The van der Waals surface area contributed by atoms with Gasteiger partial charge in [-0.25, -0.2) is 0 Å². The second kappa shape index (κ2) is 6.02. The van der Waals surface area contributed by atoms with E-state index >= 15 is 0 Å². The lowest BCUT2D eigenvalue weighted by molar-refractivity contribution is -0.121. The van der Waals surface area contributed by atoms with Crippen molar-refractivity contribution in [3.05, 3.63) is 21.6 Å². The Balaban J connectivity index is 2.23. The molecule has 19 heavy (non-hydrogen) atoms. The van der Waals surface area contributed by atoms with Gasteiger partial charge in [-0.3, -0.25) is 4.79 Å². The summed E-state index contributed by atoms with van der Waals surface area (Å²) in [6.07, 6.45) is 0. The van der Waals surface area contributed by atoms with Gasteiger partial charge in [-0.2, -0.15) is 8.78 Å². The van der Waals surface area contributed by atoms with Gasteiger partial charge in [0.1, 0.15) is 0 Å². The molecule has 0 unspecified atom stereocenters. The summed E-state index contributed by atoms with van der Waals surface area (Å²) in [4.78, 5) is 11.8. The normalized spacial score (nSPS) is 15.2. The third-order valence-corrected chi connectivity index (χ3v) is 3.43. The molecule has 0 spiro atoms. The number of rotatable bonds is 4. The number of halogens is 4. The molecule has 0 radical (unpaired) electrons. The van der Waals surface area contributed by atoms with Crippen LogP contribution in [0, 0.1) is 5.92 Å². The van der Waals surface area contributed by atoms with Gasteiger partial charge in [-0.05, 0) is 28.1 Å². The van der Waals surface area contributed by atoms with E-state index in [0.717, 1.165) is 0 Å². The molecule has 2 rings (SSSR count). The molecular formula is C11H10BrClF2N2O2. The first-order valence-corrected chi connectivity index (χ1v) is 6.60. The van der Waals surface area contributed by atoms with Gasteiger partial charge >= 0.3 is 6.61 Å². The maximum absolute atomic E-state index is 12.4. The van der Waals surface area contributed by atoms with E-state index in [0.29, 0.717) is 18.1 Å². The molecule has 1 aromatic carbocycles. The highest BCUT2D eigenvalue weighted by molar-refractivity contribution is 9.10. The lowest BCUT2D eigenvalue weighted by Crippen LogP contribution is -2.48. The van der Waals surface area contributed by atoms with Crippen molar-refractivity contribution in [3.63, 3.8) is 0 Å². The highest BCUT2D eigenvalue weighted by atomic mass is 79.9. The Hall–Kier alpha value is -0.920. The van der Waals surface area contributed by atoms with Crippen molar-refractivity contribution >= 4 is 39.1 Å². The second-order valence-corrected chi connectivity index (χ2v) is 5.28. The van der Waals surface area contributed by atoms with Crippen LogP contribution in [0.3, 0.4) is 0 Å². The predicted octanol–water partition coefficient (Wildman–Crippen LogP) is 2.86. The van der Waals surface area contributed by atoms with Crippen molar-refractivity contribution in [2.24, 2.45) is 5.92 Å². The van der Waals surface area contributed by atoms with Crippen molar-refractivity contribution in [3.8, 4) is 5.75 Å². The number of hydrogen-bond donors (Lipinski definition) is 2. The highest BCUT2D eigenvalue weighted by Crippen LogP contribution is 2.37. The van der Waals surface area contributed by atoms with E-state index in [4.69, 9.17) is 11.6 Å². The van der Waals surface area contributed by atoms with Gasteiger partial charge in [-0.15, -0.1) is 0 Å². The molecule has 104 valence electrons. The van der Waals surface area contributed by atoms with Gasteiger partial charge in [0, 0.05) is 18.1 Å². The van der Waals surface area contributed by atoms with E-state index in [9.17, 15) is 13.6 Å². The van der Waals surface area contributed by atoms with E-state index in [1.165, 1.54) is 12.1 Å². The van der Waals surface area contributed by atoms with E-state index in [-0.39, 0.29) is 27.7 Å². The highest BCUT2D eigenvalue weighted by Gasteiger charge is 2.26. The van der Waals surface area contributed by atoms with Crippen LogP contribution in [-0.2, 0) is 4.79 Å². The largest absolute Gasteiger partial charge is 0.431 e. The Morgan fingerprint density at radius 2 is 2.21 bits per heavy atom. The predicted molar refractivity (Wildman–Crippen MR) is 70.8 cm³/mol. The monoisotopic (exact) mass is 354 g/mol. The van der Waals surface area contributed by atoms with Gasteiger partial charge in [0.05, 0.1) is 16.1 Å². The van der Waals surface area contributed by atoms with Crippen LogP contribution in [0.4, 0.5) is 14.5 Å². The summed E-state index contributed by atoms with van der Waals surface area (Å²) in [7, 11) is 0. The maximum atomic E-state index is 12.4. The number of ether oxygens (including phenoxy) is 1. The minimum atomic E-state index is -2.99. The molecule has 2 N–H and O–H groups in total. The van der Waals surface area contributed by atoms with Gasteiger partial charge < -0.3 is 15.4 Å². The third-order valence-electron chi connectivity index (χ3n) is 2.63. The number of nitrogens with one attached hydrogen (secondary N) is 2. The molecule has 1 aromatic rings. The SMILES string of the molecule is O=C(Nc1cc(Cl)cc(Br)c1OC(F)F)C1CNC1. The molecule has 4 nitrogen and oxygen atoms in total. The lowest BCUT2D eigenvalue weighted by Gasteiger charge is -2.26. The fourth-order valence-corrected chi connectivity index (χ4v) is 2.47. The molecule has 1 saturated heterocycles. The number of amides is 1. The van der Waals surface area contributed by atoms with Crippen LogP contribution in [0.25, 0.3) is 0 Å². The van der Waals surface area contributed by atoms with Gasteiger partial charge in [-0.1, -0.05) is 11.6 Å². The first-order valence-electron chi connectivity index (χ1n) is 5.43. The average Bonchev–Trinajstić information content (AvgIpc) is 2.20. The van der Waals surface area contributed by atoms with Crippen molar-refractivity contribution < 1.29 is 18.3 Å². The smallest absolute Gasteiger partial charge is 0.387 e. The first kappa shape index (κ1) is 14.5. The third kappa shape index (κ3) is 3.55. The summed E-state index contributed by atoms with van der Waals surface area (Å²) >= 11 is 8.91. The summed E-state index contributed by atoms with van der Waals surface area (Å²) in [6, 6.07) is 2.79. The fraction of sp³-hybridized carbons (Fsp3) is 0.364. The molecule has 1 aliphatic rings. The van der Waals surface area contributed by atoms with Gasteiger partial charge in [0.15, 0.2) is 5.75 Å². The molecule has 8 heteroatoms. The van der Waals surface area contributed by atoms with Crippen molar-refractivity contribution in [2.45, 2.75) is 6.61 Å². The van der Waals surface area contributed by atoms with Crippen LogP contribution in [-0.4, -0.2) is 25.6 Å². The number of hydrogen-bond acceptors (Lipinski definition) is 3. The fourth-order valence-electron chi connectivity index (χ4n) is 1.57. The number of anilines is 1. The standard InChI is InChI=1S/C11H10BrClF2N2O2/c12-7-1-6(13)2-8(9(7)19-11(14)15)17-10(18)5-3-16-4-5/h1-2,5,11,16H,3-4H2,(H,17,18). The van der Waals surface area contributed by atoms with Crippen molar-refractivity contribution in [1.29, 1.82) is 0 Å². The molecule has 1 heterocycles. The van der Waals surface area contributed by atoms with Crippen LogP contribution in [0.2, 0.25) is 5.02 Å². The Labute approximate surface area is 121 Å². The Morgan fingerprint density at radius 1 is 1.53 bits per heavy atom.